The van der Waals surface area contributed by atoms with Gasteiger partial charge in [-0.25, -0.2) is 0 Å². The molecule has 0 aromatic carbocycles. The summed E-state index contributed by atoms with van der Waals surface area (Å²) in [5, 5.41) is 25.4. The number of phosphoric acid groups is 3. The van der Waals surface area contributed by atoms with Crippen molar-refractivity contribution in [2.45, 2.75) is 0 Å². The summed E-state index contributed by atoms with van der Waals surface area (Å²) in [6.07, 6.45) is 0. The van der Waals surface area contributed by atoms with Gasteiger partial charge in [0.15, 0.2) is 40.8 Å². The molecule has 37 heavy (non-hydrogen) atoms. The quantitative estimate of drug-likeness (QED) is 0.0528. The molecule has 0 radical (unpaired) electrons. The summed E-state index contributed by atoms with van der Waals surface area (Å²) in [5.74, 6) is 0. The first-order chi connectivity index (χ1) is 17.0. The Kier molecular flexibility index (Phi) is 17.9. The topological polar surface area (TPSA) is 314 Å². The summed E-state index contributed by atoms with van der Waals surface area (Å²) in [6.45, 7) is -9.10. The molecule has 0 saturated carbocycles. The van der Waals surface area contributed by atoms with Gasteiger partial charge in [0.1, 0.15) is 7.60 Å². The molecule has 21 nitrogen and oxygen atoms in total. The zero-order valence-electron chi connectivity index (χ0n) is 19.1. The average Bonchev–Trinajstić information content (AvgIpc) is 2.75. The molecule has 4 unspecified atom stereocenters. The molecule has 0 aromatic heterocycles. The van der Waals surface area contributed by atoms with Crippen LogP contribution in [0.2, 0.25) is 0 Å². The zero-order valence-corrected chi connectivity index (χ0v) is 22.6. The summed E-state index contributed by atoms with van der Waals surface area (Å²) < 4.78 is 89.8. The number of rotatable bonds is 24. The fraction of sp³-hybridized carbons (Fsp3) is 1.00. The molecule has 0 saturated heterocycles. The Hall–Kier alpha value is 0.240. The van der Waals surface area contributed by atoms with E-state index in [4.69, 9.17) is 34.1 Å². The molecule has 25 heteroatoms. The summed E-state index contributed by atoms with van der Waals surface area (Å²) in [6, 6.07) is 0. The van der Waals surface area contributed by atoms with E-state index in [1.54, 1.807) is 0 Å². The maximum absolute atomic E-state index is 11.5. The van der Waals surface area contributed by atoms with Gasteiger partial charge in [0, 0.05) is 6.66 Å². The van der Waals surface area contributed by atoms with E-state index < -0.39 is 104 Å². The van der Waals surface area contributed by atoms with Crippen molar-refractivity contribution in [1.82, 2.24) is 0 Å². The van der Waals surface area contributed by atoms with Crippen LogP contribution in [0.5, 0.6) is 0 Å². The Morgan fingerprint density at radius 2 is 0.838 bits per heavy atom. The predicted octanol–water partition coefficient (Wildman–Crippen LogP) is -3.55. The van der Waals surface area contributed by atoms with Crippen molar-refractivity contribution in [3.05, 3.63) is 0 Å². The minimum Gasteiger partial charge on any atom is -0.779 e. The molecule has 0 bridgehead atoms. The van der Waals surface area contributed by atoms with Crippen LogP contribution >= 0.6 is 31.1 Å². The number of ether oxygens (including phenoxy) is 3. The van der Waals surface area contributed by atoms with Gasteiger partial charge in [-0.2, -0.15) is 0 Å². The van der Waals surface area contributed by atoms with Crippen LogP contribution in [0.25, 0.3) is 0 Å². The highest BCUT2D eigenvalue weighted by Gasteiger charge is 2.34. The van der Waals surface area contributed by atoms with Crippen molar-refractivity contribution < 1.29 is 99.0 Å². The third-order valence-corrected chi connectivity index (χ3v) is 6.52. The molecule has 3 N–H and O–H groups in total. The molecule has 0 rings (SSSR count). The third kappa shape index (κ3) is 19.9. The fourth-order valence-electron chi connectivity index (χ4n) is 1.91. The number of hydrogen-bond donors (Lipinski definition) is 3. The standard InChI is InChI=1S/C12H30O21P4/c1-34(16,17)27-5-12(2-24-9-31-35(18,19)28-6-13,3-25-10-32-36(20,21)29-7-14)4-26-11-33-37(22,23)30-8-15/h13-15H,2-11H2,1H3,(H,16,17)(H,18,19)(H,20,21)(H,22,23)/p-4. The number of aliphatic hydroxyl groups excluding tert-OH is 3. The van der Waals surface area contributed by atoms with Crippen molar-refractivity contribution in [3.8, 4) is 0 Å². The lowest BCUT2D eigenvalue weighted by Gasteiger charge is -2.35. The van der Waals surface area contributed by atoms with Gasteiger partial charge in [-0.1, -0.05) is 0 Å². The van der Waals surface area contributed by atoms with Gasteiger partial charge >= 0.3 is 0 Å². The molecule has 0 spiro atoms. The lowest BCUT2D eigenvalue weighted by molar-refractivity contribution is -0.243. The van der Waals surface area contributed by atoms with Crippen LogP contribution in [0.3, 0.4) is 0 Å². The highest BCUT2D eigenvalue weighted by atomic mass is 31.2. The lowest BCUT2D eigenvalue weighted by Crippen LogP contribution is -2.42. The highest BCUT2D eigenvalue weighted by molar-refractivity contribution is 7.50. The van der Waals surface area contributed by atoms with Crippen molar-refractivity contribution >= 4 is 31.1 Å². The molecule has 0 aliphatic heterocycles. The van der Waals surface area contributed by atoms with Crippen LogP contribution in [0.1, 0.15) is 0 Å². The largest absolute Gasteiger partial charge is 0.779 e. The molecule has 0 aromatic rings. The summed E-state index contributed by atoms with van der Waals surface area (Å²) >= 11 is 0. The van der Waals surface area contributed by atoms with Crippen molar-refractivity contribution in [3.63, 3.8) is 0 Å². The van der Waals surface area contributed by atoms with E-state index in [2.05, 4.69) is 27.1 Å². The van der Waals surface area contributed by atoms with Crippen molar-refractivity contribution in [2.24, 2.45) is 5.41 Å². The Morgan fingerprint density at radius 1 is 0.541 bits per heavy atom. The van der Waals surface area contributed by atoms with E-state index >= 15 is 0 Å². The van der Waals surface area contributed by atoms with Crippen LogP contribution in [0.4, 0.5) is 0 Å². The number of hydrogen-bond acceptors (Lipinski definition) is 21. The van der Waals surface area contributed by atoms with Gasteiger partial charge in [0.05, 0.1) is 31.8 Å². The third-order valence-electron chi connectivity index (χ3n) is 3.36. The van der Waals surface area contributed by atoms with Gasteiger partial charge in [-0.05, 0) is 0 Å². The Labute approximate surface area is 210 Å². The fourth-order valence-corrected chi connectivity index (χ4v) is 3.68. The maximum Gasteiger partial charge on any atom is 0.272 e. The van der Waals surface area contributed by atoms with Crippen LogP contribution in [0, 0.1) is 5.41 Å². The molecule has 0 fully saturated rings. The highest BCUT2D eigenvalue weighted by Crippen LogP contribution is 2.40. The van der Waals surface area contributed by atoms with Gasteiger partial charge < -0.3 is 58.2 Å². The van der Waals surface area contributed by atoms with E-state index in [1.165, 1.54) is 0 Å². The number of aliphatic hydroxyl groups is 3. The normalized spacial score (nSPS) is 20.3. The van der Waals surface area contributed by atoms with Crippen LogP contribution in [0.15, 0.2) is 0 Å². The Morgan fingerprint density at radius 3 is 1.08 bits per heavy atom. The SMILES string of the molecule is CP(=O)([O-])OCC(COCOP(=O)([O-])OCO)(COCOP(=O)([O-])OCO)COCOP(=O)([O-])OCO. The first-order valence-corrected chi connectivity index (χ1v) is 15.7. The summed E-state index contributed by atoms with van der Waals surface area (Å²) in [7, 11) is -19.3. The Bertz CT molecular complexity index is 732. The van der Waals surface area contributed by atoms with E-state index in [0.717, 1.165) is 0 Å². The molecular formula is C12H26O21P4-4. The molecule has 0 aliphatic rings. The molecule has 0 amide bonds. The van der Waals surface area contributed by atoms with Gasteiger partial charge in [-0.15, -0.1) is 0 Å². The lowest BCUT2D eigenvalue weighted by atomic mass is 9.92. The zero-order chi connectivity index (χ0) is 28.6. The minimum absolute atomic E-state index is 0.690. The first kappa shape index (κ1) is 37.2. The van der Waals surface area contributed by atoms with Gasteiger partial charge in [-0.3, -0.25) is 40.8 Å². The van der Waals surface area contributed by atoms with E-state index in [0.29, 0.717) is 6.66 Å². The number of phosphoric ester groups is 3. The molecular weight excluding hydrogens is 604 g/mol. The van der Waals surface area contributed by atoms with E-state index in [1.807, 2.05) is 0 Å². The van der Waals surface area contributed by atoms with Gasteiger partial charge in [0.25, 0.3) is 23.5 Å². The smallest absolute Gasteiger partial charge is 0.272 e. The summed E-state index contributed by atoms with van der Waals surface area (Å²) in [4.78, 5) is 45.5. The van der Waals surface area contributed by atoms with Crippen molar-refractivity contribution in [1.29, 1.82) is 0 Å². The van der Waals surface area contributed by atoms with Crippen LogP contribution in [-0.4, -0.2) is 89.2 Å². The summed E-state index contributed by atoms with van der Waals surface area (Å²) in [5.41, 5.74) is -1.77. The second kappa shape index (κ2) is 17.8. The molecule has 4 atom stereocenters. The van der Waals surface area contributed by atoms with Crippen LogP contribution in [-0.2, 0) is 64.1 Å². The predicted molar refractivity (Wildman–Crippen MR) is 105 cm³/mol. The van der Waals surface area contributed by atoms with Crippen molar-refractivity contribution in [2.75, 3.05) is 73.9 Å². The van der Waals surface area contributed by atoms with Gasteiger partial charge in [0.2, 0.25) is 0 Å². The molecule has 0 aliphatic carbocycles. The molecule has 0 heterocycles. The second-order valence-electron chi connectivity index (χ2n) is 6.45. The second-order valence-corrected chi connectivity index (χ2v) is 12.5. The Balaban J connectivity index is 5.44. The minimum atomic E-state index is -4.97. The average molecular weight is 630 g/mol. The van der Waals surface area contributed by atoms with E-state index in [-0.39, 0.29) is 0 Å². The molecule has 224 valence electrons. The van der Waals surface area contributed by atoms with E-state index in [9.17, 15) is 37.8 Å². The monoisotopic (exact) mass is 630 g/mol. The first-order valence-electron chi connectivity index (χ1n) is 9.30. The maximum atomic E-state index is 11.5. The van der Waals surface area contributed by atoms with Crippen LogP contribution < -0.4 is 19.6 Å².